The molecule has 0 aliphatic rings. The molecule has 0 aliphatic carbocycles. The summed E-state index contributed by atoms with van der Waals surface area (Å²) in [6.45, 7) is 3.30. The summed E-state index contributed by atoms with van der Waals surface area (Å²) < 4.78 is 0. The van der Waals surface area contributed by atoms with E-state index in [4.69, 9.17) is 0 Å². The number of amides is 3. The Bertz CT molecular complexity index is 292. The zero-order valence-corrected chi connectivity index (χ0v) is 10.9. The van der Waals surface area contributed by atoms with Gasteiger partial charge in [0.25, 0.3) is 0 Å². The highest BCUT2D eigenvalue weighted by Crippen LogP contribution is 2.01. The van der Waals surface area contributed by atoms with E-state index in [1.807, 2.05) is 6.92 Å². The summed E-state index contributed by atoms with van der Waals surface area (Å²) in [5.41, 5.74) is 0. The van der Waals surface area contributed by atoms with Crippen molar-refractivity contribution in [1.29, 1.82) is 0 Å². The van der Waals surface area contributed by atoms with Gasteiger partial charge in [-0.05, 0) is 6.42 Å². The minimum atomic E-state index is -0.549. The first-order chi connectivity index (χ1) is 7.92. The Kier molecular flexibility index (Phi) is 6.93. The summed E-state index contributed by atoms with van der Waals surface area (Å²) in [7, 11) is 3.06. The molecule has 0 radical (unpaired) electrons. The predicted octanol–water partition coefficient (Wildman–Crippen LogP) is -0.504. The average Bonchev–Trinajstić information content (AvgIpc) is 2.26. The molecule has 0 spiro atoms. The number of nitrogens with zero attached hydrogens (tertiary/aromatic N) is 1. The molecule has 2 N–H and O–H groups in total. The van der Waals surface area contributed by atoms with Crippen molar-refractivity contribution in [2.24, 2.45) is 0 Å². The first-order valence-corrected chi connectivity index (χ1v) is 5.65. The molecule has 0 aromatic carbocycles. The third-order valence-electron chi connectivity index (χ3n) is 2.29. The topological polar surface area (TPSA) is 78.5 Å². The molecule has 0 aromatic rings. The molecule has 0 aromatic heterocycles. The maximum absolute atomic E-state index is 12.0. The molecule has 6 nitrogen and oxygen atoms in total. The lowest BCUT2D eigenvalue weighted by Crippen LogP contribution is -2.48. The molecule has 0 bridgehead atoms. The number of carbonyl (C=O) groups excluding carboxylic acids is 3. The SMILES string of the molecule is CCC[C@@H](NC(C)=O)C(=O)N(C)CC(=O)NC. The van der Waals surface area contributed by atoms with Crippen molar-refractivity contribution < 1.29 is 14.4 Å². The molecule has 0 fully saturated rings. The first kappa shape index (κ1) is 15.4. The predicted molar refractivity (Wildman–Crippen MR) is 64.2 cm³/mol. The van der Waals surface area contributed by atoms with E-state index < -0.39 is 6.04 Å². The van der Waals surface area contributed by atoms with E-state index in [1.165, 1.54) is 18.9 Å². The molecular formula is C11H21N3O3. The second-order valence-corrected chi connectivity index (χ2v) is 3.91. The number of carbonyl (C=O) groups is 3. The van der Waals surface area contributed by atoms with E-state index in [-0.39, 0.29) is 24.3 Å². The van der Waals surface area contributed by atoms with Gasteiger partial charge in [-0.3, -0.25) is 14.4 Å². The van der Waals surface area contributed by atoms with Gasteiger partial charge >= 0.3 is 0 Å². The third-order valence-corrected chi connectivity index (χ3v) is 2.29. The van der Waals surface area contributed by atoms with Gasteiger partial charge in [0.2, 0.25) is 17.7 Å². The lowest BCUT2D eigenvalue weighted by molar-refractivity contribution is -0.138. The Morgan fingerprint density at radius 3 is 2.29 bits per heavy atom. The molecule has 0 rings (SSSR count). The second-order valence-electron chi connectivity index (χ2n) is 3.91. The fourth-order valence-electron chi connectivity index (χ4n) is 1.43. The van der Waals surface area contributed by atoms with Crippen molar-refractivity contribution >= 4 is 17.7 Å². The van der Waals surface area contributed by atoms with E-state index in [9.17, 15) is 14.4 Å². The zero-order chi connectivity index (χ0) is 13.4. The molecule has 3 amide bonds. The van der Waals surface area contributed by atoms with Gasteiger partial charge in [-0.1, -0.05) is 13.3 Å². The highest BCUT2D eigenvalue weighted by atomic mass is 16.2. The maximum Gasteiger partial charge on any atom is 0.245 e. The van der Waals surface area contributed by atoms with Crippen molar-refractivity contribution in [3.63, 3.8) is 0 Å². The van der Waals surface area contributed by atoms with Crippen LogP contribution < -0.4 is 10.6 Å². The molecule has 6 heteroatoms. The van der Waals surface area contributed by atoms with Crippen LogP contribution in [0.25, 0.3) is 0 Å². The molecule has 0 unspecified atom stereocenters. The quantitative estimate of drug-likeness (QED) is 0.660. The largest absolute Gasteiger partial charge is 0.358 e. The van der Waals surface area contributed by atoms with Gasteiger partial charge in [0, 0.05) is 21.0 Å². The highest BCUT2D eigenvalue weighted by molar-refractivity contribution is 5.89. The van der Waals surface area contributed by atoms with Crippen LogP contribution in [0.15, 0.2) is 0 Å². The van der Waals surface area contributed by atoms with Crippen LogP contribution in [0, 0.1) is 0 Å². The molecule has 17 heavy (non-hydrogen) atoms. The number of likely N-dealkylation sites (N-methyl/N-ethyl adjacent to an activating group) is 2. The summed E-state index contributed by atoms with van der Waals surface area (Å²) in [6, 6.07) is -0.549. The molecule has 0 saturated carbocycles. The molecular weight excluding hydrogens is 222 g/mol. The van der Waals surface area contributed by atoms with Crippen LogP contribution in [0.4, 0.5) is 0 Å². The van der Waals surface area contributed by atoms with E-state index in [1.54, 1.807) is 7.05 Å². The van der Waals surface area contributed by atoms with Gasteiger partial charge in [-0.15, -0.1) is 0 Å². The van der Waals surface area contributed by atoms with Crippen LogP contribution >= 0.6 is 0 Å². The van der Waals surface area contributed by atoms with Gasteiger partial charge in [0.15, 0.2) is 0 Å². The van der Waals surface area contributed by atoms with Crippen LogP contribution in [-0.2, 0) is 14.4 Å². The van der Waals surface area contributed by atoms with Crippen LogP contribution in [0.1, 0.15) is 26.7 Å². The Hall–Kier alpha value is -1.59. The van der Waals surface area contributed by atoms with Crippen molar-refractivity contribution in [2.45, 2.75) is 32.7 Å². The van der Waals surface area contributed by atoms with Gasteiger partial charge in [-0.25, -0.2) is 0 Å². The highest BCUT2D eigenvalue weighted by Gasteiger charge is 2.22. The standard InChI is InChI=1S/C11H21N3O3/c1-5-6-9(13-8(2)15)11(17)14(4)7-10(16)12-3/h9H,5-7H2,1-4H3,(H,12,16)(H,13,15)/t9-/m1/s1. The Morgan fingerprint density at radius 1 is 1.29 bits per heavy atom. The Labute approximate surface area is 102 Å². The number of rotatable bonds is 6. The number of hydrogen-bond donors (Lipinski definition) is 2. The first-order valence-electron chi connectivity index (χ1n) is 5.65. The molecule has 0 heterocycles. The molecule has 0 aliphatic heterocycles. The van der Waals surface area contributed by atoms with E-state index in [0.717, 1.165) is 6.42 Å². The fourth-order valence-corrected chi connectivity index (χ4v) is 1.43. The number of hydrogen-bond acceptors (Lipinski definition) is 3. The molecule has 98 valence electrons. The fraction of sp³-hybridized carbons (Fsp3) is 0.727. The van der Waals surface area contributed by atoms with Crippen molar-refractivity contribution in [1.82, 2.24) is 15.5 Å². The van der Waals surface area contributed by atoms with E-state index in [2.05, 4.69) is 10.6 Å². The summed E-state index contributed by atoms with van der Waals surface area (Å²) in [6.07, 6.45) is 1.35. The van der Waals surface area contributed by atoms with E-state index in [0.29, 0.717) is 6.42 Å². The van der Waals surface area contributed by atoms with Gasteiger partial charge in [0.05, 0.1) is 6.54 Å². The minimum Gasteiger partial charge on any atom is -0.358 e. The average molecular weight is 243 g/mol. The number of nitrogens with one attached hydrogen (secondary N) is 2. The van der Waals surface area contributed by atoms with Crippen LogP contribution in [-0.4, -0.2) is 49.3 Å². The minimum absolute atomic E-state index is 0.00483. The Morgan fingerprint density at radius 2 is 1.88 bits per heavy atom. The summed E-state index contributed by atoms with van der Waals surface area (Å²) >= 11 is 0. The van der Waals surface area contributed by atoms with Crippen LogP contribution in [0.2, 0.25) is 0 Å². The Balaban J connectivity index is 4.48. The normalized spacial score (nSPS) is 11.5. The third kappa shape index (κ3) is 5.89. The summed E-state index contributed by atoms with van der Waals surface area (Å²) in [5.74, 6) is -0.727. The van der Waals surface area contributed by atoms with Gasteiger partial charge in [-0.2, -0.15) is 0 Å². The smallest absolute Gasteiger partial charge is 0.245 e. The van der Waals surface area contributed by atoms with E-state index >= 15 is 0 Å². The van der Waals surface area contributed by atoms with Crippen molar-refractivity contribution in [3.05, 3.63) is 0 Å². The second kappa shape index (κ2) is 7.65. The van der Waals surface area contributed by atoms with Crippen molar-refractivity contribution in [3.8, 4) is 0 Å². The lowest BCUT2D eigenvalue weighted by Gasteiger charge is -2.23. The van der Waals surface area contributed by atoms with Gasteiger partial charge in [0.1, 0.15) is 6.04 Å². The maximum atomic E-state index is 12.0. The van der Waals surface area contributed by atoms with Crippen molar-refractivity contribution in [2.75, 3.05) is 20.6 Å². The van der Waals surface area contributed by atoms with Crippen LogP contribution in [0.3, 0.4) is 0 Å². The monoisotopic (exact) mass is 243 g/mol. The molecule has 0 saturated heterocycles. The lowest BCUT2D eigenvalue weighted by atomic mass is 10.1. The molecule has 1 atom stereocenters. The van der Waals surface area contributed by atoms with Gasteiger partial charge < -0.3 is 15.5 Å². The zero-order valence-electron chi connectivity index (χ0n) is 10.9. The summed E-state index contributed by atoms with van der Waals surface area (Å²) in [5, 5.41) is 5.03. The summed E-state index contributed by atoms with van der Waals surface area (Å²) in [4.78, 5) is 35.4. The van der Waals surface area contributed by atoms with Crippen LogP contribution in [0.5, 0.6) is 0 Å².